The van der Waals surface area contributed by atoms with Crippen LogP contribution < -0.4 is 5.32 Å². The van der Waals surface area contributed by atoms with Crippen molar-refractivity contribution in [2.24, 2.45) is 0 Å². The van der Waals surface area contributed by atoms with Crippen molar-refractivity contribution in [2.45, 2.75) is 38.3 Å². The van der Waals surface area contributed by atoms with E-state index in [9.17, 15) is 0 Å². The van der Waals surface area contributed by atoms with Crippen LogP contribution in [-0.2, 0) is 6.54 Å². The molecule has 1 aromatic heterocycles. The van der Waals surface area contributed by atoms with E-state index in [0.717, 1.165) is 13.0 Å². The van der Waals surface area contributed by atoms with Crippen molar-refractivity contribution in [1.29, 1.82) is 0 Å². The van der Waals surface area contributed by atoms with Crippen LogP contribution in [0.3, 0.4) is 0 Å². The third kappa shape index (κ3) is 2.52. The van der Waals surface area contributed by atoms with Gasteiger partial charge >= 0.3 is 0 Å². The zero-order valence-corrected chi connectivity index (χ0v) is 7.82. The smallest absolute Gasteiger partial charge is 0.0693 e. The van der Waals surface area contributed by atoms with Gasteiger partial charge in [-0.3, -0.25) is 0 Å². The molecule has 1 unspecified atom stereocenters. The lowest BCUT2D eigenvalue weighted by molar-refractivity contribution is 0.351. The monoisotopic (exact) mass is 180 g/mol. The zero-order chi connectivity index (χ0) is 8.93. The molecule has 0 bridgehead atoms. The van der Waals surface area contributed by atoms with Gasteiger partial charge in [-0.25, -0.2) is 0 Å². The van der Waals surface area contributed by atoms with Gasteiger partial charge in [0.05, 0.1) is 18.9 Å². The van der Waals surface area contributed by atoms with Crippen LogP contribution in [0.15, 0.2) is 12.4 Å². The lowest BCUT2D eigenvalue weighted by Crippen LogP contribution is -2.34. The van der Waals surface area contributed by atoms with Crippen LogP contribution in [-0.4, -0.2) is 27.6 Å². The Hall–Kier alpha value is -0.900. The lowest BCUT2D eigenvalue weighted by Gasteiger charge is -2.22. The summed E-state index contributed by atoms with van der Waals surface area (Å²) in [6, 6.07) is 0.680. The average molecular weight is 180 g/mol. The summed E-state index contributed by atoms with van der Waals surface area (Å²) in [7, 11) is 0. The van der Waals surface area contributed by atoms with Gasteiger partial charge in [-0.05, 0) is 25.8 Å². The highest BCUT2D eigenvalue weighted by molar-refractivity contribution is 4.71. The van der Waals surface area contributed by atoms with Gasteiger partial charge < -0.3 is 5.32 Å². The Balaban J connectivity index is 1.72. The van der Waals surface area contributed by atoms with E-state index in [4.69, 9.17) is 0 Å². The van der Waals surface area contributed by atoms with Gasteiger partial charge in [0.25, 0.3) is 0 Å². The van der Waals surface area contributed by atoms with E-state index >= 15 is 0 Å². The van der Waals surface area contributed by atoms with Crippen LogP contribution in [0.5, 0.6) is 0 Å². The molecule has 0 amide bonds. The molecular weight excluding hydrogens is 164 g/mol. The number of rotatable bonds is 3. The van der Waals surface area contributed by atoms with E-state index in [-0.39, 0.29) is 0 Å². The minimum Gasteiger partial charge on any atom is -0.314 e. The number of nitrogens with one attached hydrogen (secondary N) is 1. The summed E-state index contributed by atoms with van der Waals surface area (Å²) in [5.74, 6) is 0. The third-order valence-electron chi connectivity index (χ3n) is 2.56. The first-order chi connectivity index (χ1) is 6.45. The number of hydrogen-bond donors (Lipinski definition) is 1. The maximum absolute atomic E-state index is 4.08. The van der Waals surface area contributed by atoms with Crippen molar-refractivity contribution in [3.8, 4) is 0 Å². The Bertz CT molecular complexity index is 226. The van der Waals surface area contributed by atoms with Crippen molar-refractivity contribution < 1.29 is 0 Å². The molecule has 2 rings (SSSR count). The number of piperidine rings is 1. The predicted molar refractivity (Wildman–Crippen MR) is 50.3 cm³/mol. The molecule has 0 radical (unpaired) electrons. The van der Waals surface area contributed by atoms with Crippen LogP contribution in [0.2, 0.25) is 0 Å². The molecule has 1 saturated heterocycles. The molecule has 1 aliphatic rings. The SMILES string of the molecule is c1cnn(CCC2CCCCN2)n1. The van der Waals surface area contributed by atoms with Crippen molar-refractivity contribution in [3.05, 3.63) is 12.4 Å². The number of aryl methyl sites for hydroxylation is 1. The van der Waals surface area contributed by atoms with Crippen LogP contribution in [0.1, 0.15) is 25.7 Å². The Kier molecular flexibility index (Phi) is 2.92. The fourth-order valence-electron chi connectivity index (χ4n) is 1.80. The molecule has 13 heavy (non-hydrogen) atoms. The van der Waals surface area contributed by atoms with Gasteiger partial charge in [0.2, 0.25) is 0 Å². The Morgan fingerprint density at radius 3 is 2.85 bits per heavy atom. The molecule has 0 aromatic carbocycles. The second-order valence-corrected chi connectivity index (χ2v) is 3.56. The van der Waals surface area contributed by atoms with E-state index < -0.39 is 0 Å². The summed E-state index contributed by atoms with van der Waals surface area (Å²) in [5, 5.41) is 11.7. The van der Waals surface area contributed by atoms with Crippen LogP contribution in [0, 0.1) is 0 Å². The average Bonchev–Trinajstić information content (AvgIpc) is 2.69. The van der Waals surface area contributed by atoms with Crippen molar-refractivity contribution in [2.75, 3.05) is 6.54 Å². The van der Waals surface area contributed by atoms with E-state index in [0.29, 0.717) is 6.04 Å². The van der Waals surface area contributed by atoms with E-state index in [1.165, 1.54) is 25.8 Å². The normalized spacial score (nSPS) is 23.2. The van der Waals surface area contributed by atoms with E-state index in [1.54, 1.807) is 17.2 Å². The molecule has 0 saturated carbocycles. The fraction of sp³-hybridized carbons (Fsp3) is 0.778. The standard InChI is InChI=1S/C9H16N4/c1-2-5-10-9(3-1)4-8-13-11-6-7-12-13/h6-7,9-10H,1-5,8H2. The molecule has 0 spiro atoms. The molecule has 0 aliphatic carbocycles. The molecule has 1 atom stereocenters. The second kappa shape index (κ2) is 4.37. The summed E-state index contributed by atoms with van der Waals surface area (Å²) in [6.07, 6.45) is 8.61. The molecule has 4 heteroatoms. The predicted octanol–water partition coefficient (Wildman–Crippen LogP) is 0.810. The number of aromatic nitrogens is 3. The number of hydrogen-bond acceptors (Lipinski definition) is 3. The van der Waals surface area contributed by atoms with Gasteiger partial charge in [-0.1, -0.05) is 6.42 Å². The summed E-state index contributed by atoms with van der Waals surface area (Å²) in [5.41, 5.74) is 0. The summed E-state index contributed by atoms with van der Waals surface area (Å²) < 4.78 is 0. The first-order valence-electron chi connectivity index (χ1n) is 5.02. The molecule has 1 N–H and O–H groups in total. The minimum atomic E-state index is 0.680. The fourth-order valence-corrected chi connectivity index (χ4v) is 1.80. The Morgan fingerprint density at radius 2 is 2.15 bits per heavy atom. The maximum atomic E-state index is 4.08. The molecule has 4 nitrogen and oxygen atoms in total. The topological polar surface area (TPSA) is 42.7 Å². The quantitative estimate of drug-likeness (QED) is 0.748. The molecular formula is C9H16N4. The van der Waals surface area contributed by atoms with Crippen molar-refractivity contribution >= 4 is 0 Å². The van der Waals surface area contributed by atoms with Gasteiger partial charge in [0.1, 0.15) is 0 Å². The molecule has 1 aliphatic heterocycles. The first kappa shape index (κ1) is 8.69. The highest BCUT2D eigenvalue weighted by Crippen LogP contribution is 2.10. The van der Waals surface area contributed by atoms with Gasteiger partial charge in [0, 0.05) is 6.04 Å². The third-order valence-corrected chi connectivity index (χ3v) is 2.56. The minimum absolute atomic E-state index is 0.680. The molecule has 2 heterocycles. The Labute approximate surface area is 78.3 Å². The summed E-state index contributed by atoms with van der Waals surface area (Å²) in [6.45, 7) is 2.11. The molecule has 1 fully saturated rings. The molecule has 72 valence electrons. The van der Waals surface area contributed by atoms with E-state index in [2.05, 4.69) is 15.5 Å². The van der Waals surface area contributed by atoms with Gasteiger partial charge in [-0.2, -0.15) is 15.0 Å². The molecule has 1 aromatic rings. The van der Waals surface area contributed by atoms with Crippen LogP contribution >= 0.6 is 0 Å². The van der Waals surface area contributed by atoms with Gasteiger partial charge in [-0.15, -0.1) is 0 Å². The largest absolute Gasteiger partial charge is 0.314 e. The summed E-state index contributed by atoms with van der Waals surface area (Å²) >= 11 is 0. The Morgan fingerprint density at radius 1 is 1.31 bits per heavy atom. The first-order valence-corrected chi connectivity index (χ1v) is 5.02. The maximum Gasteiger partial charge on any atom is 0.0693 e. The lowest BCUT2D eigenvalue weighted by atomic mass is 10.0. The highest BCUT2D eigenvalue weighted by atomic mass is 15.5. The highest BCUT2D eigenvalue weighted by Gasteiger charge is 2.11. The van der Waals surface area contributed by atoms with Crippen molar-refractivity contribution in [3.63, 3.8) is 0 Å². The van der Waals surface area contributed by atoms with E-state index in [1.807, 2.05) is 0 Å². The second-order valence-electron chi connectivity index (χ2n) is 3.56. The van der Waals surface area contributed by atoms with Crippen molar-refractivity contribution in [1.82, 2.24) is 20.3 Å². The van der Waals surface area contributed by atoms with Gasteiger partial charge in [0.15, 0.2) is 0 Å². The zero-order valence-electron chi connectivity index (χ0n) is 7.82. The summed E-state index contributed by atoms with van der Waals surface area (Å²) in [4.78, 5) is 1.76. The van der Waals surface area contributed by atoms with Crippen LogP contribution in [0.4, 0.5) is 0 Å². The number of nitrogens with zero attached hydrogens (tertiary/aromatic N) is 3. The van der Waals surface area contributed by atoms with Crippen LogP contribution in [0.25, 0.3) is 0 Å².